The second-order valence-electron chi connectivity index (χ2n) is 8.70. The zero-order valence-electron chi connectivity index (χ0n) is 20.3. The SMILES string of the molecule is Cc1cc(C)c2c(n1)sc1c(=O)n(/N=C\c3cn(-c4ccccc4)nc3-c3ccc([N+](=O)[O-])cc3)cnc12. The van der Waals surface area contributed by atoms with Crippen molar-refractivity contribution < 1.29 is 4.92 Å². The van der Waals surface area contributed by atoms with Crippen molar-refractivity contribution in [3.63, 3.8) is 0 Å². The number of non-ortho nitro benzene ring substituents is 1. The molecule has 0 saturated heterocycles. The van der Waals surface area contributed by atoms with Crippen LogP contribution >= 0.6 is 11.3 Å². The van der Waals surface area contributed by atoms with Gasteiger partial charge in [0.1, 0.15) is 21.6 Å². The summed E-state index contributed by atoms with van der Waals surface area (Å²) in [5.41, 5.74) is 4.91. The van der Waals surface area contributed by atoms with Crippen LogP contribution in [0.3, 0.4) is 0 Å². The van der Waals surface area contributed by atoms with E-state index in [-0.39, 0.29) is 11.2 Å². The third kappa shape index (κ3) is 4.04. The Morgan fingerprint density at radius 1 is 1.08 bits per heavy atom. The van der Waals surface area contributed by atoms with Crippen LogP contribution in [-0.2, 0) is 0 Å². The number of aryl methyl sites for hydroxylation is 2. The van der Waals surface area contributed by atoms with Crippen molar-refractivity contribution in [2.45, 2.75) is 13.8 Å². The molecule has 0 aliphatic heterocycles. The van der Waals surface area contributed by atoms with Crippen LogP contribution in [0.2, 0.25) is 0 Å². The molecule has 10 nitrogen and oxygen atoms in total. The van der Waals surface area contributed by atoms with Crippen LogP contribution in [0.25, 0.3) is 37.4 Å². The summed E-state index contributed by atoms with van der Waals surface area (Å²) < 4.78 is 3.38. The van der Waals surface area contributed by atoms with Gasteiger partial charge in [-0.1, -0.05) is 18.2 Å². The van der Waals surface area contributed by atoms with Crippen molar-refractivity contribution in [3.8, 4) is 16.9 Å². The van der Waals surface area contributed by atoms with Crippen LogP contribution in [0.5, 0.6) is 0 Å². The number of nitro groups is 1. The van der Waals surface area contributed by atoms with Crippen LogP contribution in [0.1, 0.15) is 16.8 Å². The van der Waals surface area contributed by atoms with Gasteiger partial charge in [-0.3, -0.25) is 14.9 Å². The molecule has 0 amide bonds. The average molecular weight is 522 g/mol. The molecule has 186 valence electrons. The zero-order chi connectivity index (χ0) is 26.4. The Morgan fingerprint density at radius 3 is 2.58 bits per heavy atom. The summed E-state index contributed by atoms with van der Waals surface area (Å²) in [7, 11) is 0. The van der Waals surface area contributed by atoms with Crippen molar-refractivity contribution in [2.24, 2.45) is 5.10 Å². The molecule has 0 aliphatic carbocycles. The number of para-hydroxylation sites is 1. The van der Waals surface area contributed by atoms with Gasteiger partial charge in [0, 0.05) is 40.5 Å². The van der Waals surface area contributed by atoms with Crippen molar-refractivity contribution in [2.75, 3.05) is 0 Å². The number of nitro benzene ring substituents is 1. The van der Waals surface area contributed by atoms with E-state index in [9.17, 15) is 14.9 Å². The van der Waals surface area contributed by atoms with Gasteiger partial charge in [-0.2, -0.15) is 14.9 Å². The Hall–Kier alpha value is -5.03. The second-order valence-corrected chi connectivity index (χ2v) is 9.70. The molecule has 0 N–H and O–H groups in total. The number of benzene rings is 2. The van der Waals surface area contributed by atoms with E-state index in [2.05, 4.69) is 15.1 Å². The fourth-order valence-electron chi connectivity index (χ4n) is 4.33. The summed E-state index contributed by atoms with van der Waals surface area (Å²) >= 11 is 1.31. The Morgan fingerprint density at radius 2 is 1.84 bits per heavy atom. The van der Waals surface area contributed by atoms with E-state index >= 15 is 0 Å². The maximum absolute atomic E-state index is 13.3. The summed E-state index contributed by atoms with van der Waals surface area (Å²) in [5.74, 6) is 0. The van der Waals surface area contributed by atoms with Crippen LogP contribution < -0.4 is 5.56 Å². The highest BCUT2D eigenvalue weighted by atomic mass is 32.1. The highest BCUT2D eigenvalue weighted by Gasteiger charge is 2.16. The molecule has 2 aromatic carbocycles. The van der Waals surface area contributed by atoms with Gasteiger partial charge in [-0.15, -0.1) is 11.3 Å². The summed E-state index contributed by atoms with van der Waals surface area (Å²) in [5, 5.41) is 21.1. The quantitative estimate of drug-likeness (QED) is 0.173. The number of fused-ring (bicyclic) bond motifs is 3. The van der Waals surface area contributed by atoms with E-state index in [1.54, 1.807) is 29.2 Å². The lowest BCUT2D eigenvalue weighted by molar-refractivity contribution is -0.384. The number of pyridine rings is 1. The fourth-order valence-corrected chi connectivity index (χ4v) is 5.50. The van der Waals surface area contributed by atoms with E-state index in [4.69, 9.17) is 5.10 Å². The highest BCUT2D eigenvalue weighted by molar-refractivity contribution is 7.25. The van der Waals surface area contributed by atoms with Crippen molar-refractivity contribution in [3.05, 3.63) is 110 Å². The Kier molecular flexibility index (Phi) is 5.61. The summed E-state index contributed by atoms with van der Waals surface area (Å²) in [6.07, 6.45) is 4.74. The molecule has 6 rings (SSSR count). The number of rotatable bonds is 5. The van der Waals surface area contributed by atoms with E-state index in [0.717, 1.165) is 27.2 Å². The maximum atomic E-state index is 13.3. The van der Waals surface area contributed by atoms with Gasteiger partial charge in [0.25, 0.3) is 11.2 Å². The summed E-state index contributed by atoms with van der Waals surface area (Å²) in [6.45, 7) is 3.91. The van der Waals surface area contributed by atoms with Gasteiger partial charge >= 0.3 is 0 Å². The zero-order valence-corrected chi connectivity index (χ0v) is 21.1. The molecule has 0 unspecified atom stereocenters. The van der Waals surface area contributed by atoms with Crippen LogP contribution in [0, 0.1) is 24.0 Å². The Bertz CT molecular complexity index is 1940. The normalized spacial score (nSPS) is 11.6. The van der Waals surface area contributed by atoms with E-state index < -0.39 is 4.92 Å². The molecule has 0 fully saturated rings. The minimum atomic E-state index is -0.448. The summed E-state index contributed by atoms with van der Waals surface area (Å²) in [4.78, 5) is 33.8. The number of thiophene rings is 1. The minimum absolute atomic E-state index is 0.0133. The van der Waals surface area contributed by atoms with E-state index in [0.29, 0.717) is 27.0 Å². The Labute approximate surface area is 219 Å². The monoisotopic (exact) mass is 521 g/mol. The lowest BCUT2D eigenvalue weighted by Gasteiger charge is -2.01. The number of aromatic nitrogens is 5. The molecule has 6 aromatic rings. The van der Waals surface area contributed by atoms with E-state index in [1.165, 1.54) is 34.5 Å². The lowest BCUT2D eigenvalue weighted by Crippen LogP contribution is -2.15. The first-order valence-corrected chi connectivity index (χ1v) is 12.4. The number of hydrogen-bond donors (Lipinski definition) is 0. The predicted octanol–water partition coefficient (Wildman–Crippen LogP) is 5.27. The van der Waals surface area contributed by atoms with Crippen LogP contribution in [0.15, 0.2) is 83.1 Å². The number of hydrogen-bond acceptors (Lipinski definition) is 8. The third-order valence-electron chi connectivity index (χ3n) is 6.10. The predicted molar refractivity (Wildman–Crippen MR) is 147 cm³/mol. The first-order valence-electron chi connectivity index (χ1n) is 11.6. The first kappa shape index (κ1) is 23.4. The van der Waals surface area contributed by atoms with Crippen molar-refractivity contribution in [1.82, 2.24) is 24.4 Å². The summed E-state index contributed by atoms with van der Waals surface area (Å²) in [6, 6.07) is 17.7. The fraction of sp³-hybridized carbons (Fsp3) is 0.0741. The molecule has 0 aliphatic rings. The van der Waals surface area contributed by atoms with Gasteiger partial charge in [0.15, 0.2) is 0 Å². The maximum Gasteiger partial charge on any atom is 0.291 e. The van der Waals surface area contributed by atoms with Gasteiger partial charge in [-0.25, -0.2) is 14.6 Å². The standard InChI is InChI=1S/C27H19N7O3S/c1-16-12-17(2)30-26-22(16)24-25(38-26)27(35)33(15-28-24)29-13-19-14-32(20-6-4-3-5-7-20)31-23(19)18-8-10-21(11-9-18)34(36)37/h3-15H,1-2H3/b29-13-. The average Bonchev–Trinajstić information content (AvgIpc) is 3.51. The lowest BCUT2D eigenvalue weighted by atomic mass is 10.1. The van der Waals surface area contributed by atoms with Gasteiger partial charge in [0.05, 0.1) is 22.3 Å². The first-order chi connectivity index (χ1) is 18.4. The molecule has 0 bridgehead atoms. The van der Waals surface area contributed by atoms with Gasteiger partial charge < -0.3 is 0 Å². The van der Waals surface area contributed by atoms with Crippen LogP contribution in [-0.4, -0.2) is 35.6 Å². The smallest absolute Gasteiger partial charge is 0.266 e. The largest absolute Gasteiger partial charge is 0.291 e. The molecular formula is C27H19N7O3S. The molecule has 38 heavy (non-hydrogen) atoms. The topological polar surface area (TPSA) is 121 Å². The molecule has 0 radical (unpaired) electrons. The van der Waals surface area contributed by atoms with Crippen molar-refractivity contribution in [1.29, 1.82) is 0 Å². The van der Waals surface area contributed by atoms with Crippen molar-refractivity contribution >= 4 is 43.7 Å². The van der Waals surface area contributed by atoms with Gasteiger partial charge in [-0.05, 0) is 49.7 Å². The molecule has 0 spiro atoms. The minimum Gasteiger partial charge on any atom is -0.266 e. The molecule has 0 atom stereocenters. The molecular weight excluding hydrogens is 502 g/mol. The number of nitrogens with zero attached hydrogens (tertiary/aromatic N) is 7. The van der Waals surface area contributed by atoms with Gasteiger partial charge in [0.2, 0.25) is 0 Å². The molecule has 4 aromatic heterocycles. The Balaban J connectivity index is 1.45. The highest BCUT2D eigenvalue weighted by Crippen LogP contribution is 2.31. The third-order valence-corrected chi connectivity index (χ3v) is 7.16. The second kappa shape index (κ2) is 9.12. The molecule has 4 heterocycles. The van der Waals surface area contributed by atoms with Crippen LogP contribution in [0.4, 0.5) is 5.69 Å². The van der Waals surface area contributed by atoms with E-state index in [1.807, 2.05) is 50.2 Å². The molecule has 11 heteroatoms. The molecule has 0 saturated carbocycles.